The lowest BCUT2D eigenvalue weighted by molar-refractivity contribution is 0.0938. The van der Waals surface area contributed by atoms with Gasteiger partial charge >= 0.3 is 0 Å². The van der Waals surface area contributed by atoms with Crippen LogP contribution in [0.15, 0.2) is 71.7 Å². The van der Waals surface area contributed by atoms with E-state index in [0.717, 1.165) is 16.7 Å². The van der Waals surface area contributed by atoms with Gasteiger partial charge in [-0.3, -0.25) is 14.2 Å². The van der Waals surface area contributed by atoms with Crippen molar-refractivity contribution < 1.29 is 9.18 Å². The van der Waals surface area contributed by atoms with E-state index in [0.29, 0.717) is 23.1 Å². The minimum absolute atomic E-state index is 0.0112. The van der Waals surface area contributed by atoms with Gasteiger partial charge in [0.25, 0.3) is 11.5 Å². The molecule has 7 heteroatoms. The Kier molecular flexibility index (Phi) is 6.01. The number of fused-ring (bicyclic) bond motifs is 1. The maximum atomic E-state index is 13.2. The van der Waals surface area contributed by atoms with Crippen molar-refractivity contribution in [3.8, 4) is 17.2 Å². The third kappa shape index (κ3) is 4.37. The Morgan fingerprint density at radius 3 is 2.45 bits per heavy atom. The van der Waals surface area contributed by atoms with E-state index in [2.05, 4.69) is 16.4 Å². The van der Waals surface area contributed by atoms with Crippen molar-refractivity contribution in [2.75, 3.05) is 0 Å². The van der Waals surface area contributed by atoms with E-state index in [1.54, 1.807) is 43.5 Å². The molecule has 1 atom stereocenters. The highest BCUT2D eigenvalue weighted by Gasteiger charge is 2.18. The second-order valence-corrected chi connectivity index (χ2v) is 7.68. The molecule has 1 amide bonds. The number of halogens is 1. The first-order valence-corrected chi connectivity index (χ1v) is 10.5. The van der Waals surface area contributed by atoms with Gasteiger partial charge in [0, 0.05) is 23.7 Å². The highest BCUT2D eigenvalue weighted by Crippen LogP contribution is 2.23. The summed E-state index contributed by atoms with van der Waals surface area (Å²) in [6, 6.07) is 18.1. The van der Waals surface area contributed by atoms with E-state index >= 15 is 0 Å². The molecule has 0 radical (unpaired) electrons. The van der Waals surface area contributed by atoms with E-state index in [1.807, 2.05) is 25.1 Å². The highest BCUT2D eigenvalue weighted by molar-refractivity contribution is 5.97. The van der Waals surface area contributed by atoms with Gasteiger partial charge in [0.2, 0.25) is 0 Å². The summed E-state index contributed by atoms with van der Waals surface area (Å²) in [5.41, 5.74) is 3.04. The average Bonchev–Trinajstić information content (AvgIpc) is 2.83. The Morgan fingerprint density at radius 2 is 1.82 bits per heavy atom. The summed E-state index contributed by atoms with van der Waals surface area (Å²) in [7, 11) is 0. The molecule has 0 aliphatic rings. The van der Waals surface area contributed by atoms with Crippen molar-refractivity contribution >= 4 is 16.9 Å². The number of carbonyl (C=O) groups is 1. The molecule has 4 aromatic rings. The Labute approximate surface area is 189 Å². The molecular formula is C26H21FN4O2. The summed E-state index contributed by atoms with van der Waals surface area (Å²) < 4.78 is 14.7. The summed E-state index contributed by atoms with van der Waals surface area (Å²) in [6.07, 6.45) is 1.67. The molecule has 0 spiro atoms. The number of hydrogen-bond donors (Lipinski definition) is 1. The van der Waals surface area contributed by atoms with Gasteiger partial charge in [-0.1, -0.05) is 24.3 Å². The molecule has 0 saturated heterocycles. The predicted octanol–water partition coefficient (Wildman–Crippen LogP) is 4.59. The number of benzene rings is 2. The summed E-state index contributed by atoms with van der Waals surface area (Å²) >= 11 is 0. The van der Waals surface area contributed by atoms with Crippen LogP contribution in [0.4, 0.5) is 4.39 Å². The summed E-state index contributed by atoms with van der Waals surface area (Å²) in [4.78, 5) is 30.5. The molecule has 2 aromatic heterocycles. The number of hydrogen-bond acceptors (Lipinski definition) is 4. The van der Waals surface area contributed by atoms with Crippen molar-refractivity contribution in [3.05, 3.63) is 99.7 Å². The van der Waals surface area contributed by atoms with Gasteiger partial charge in [0.1, 0.15) is 17.0 Å². The average molecular weight is 440 g/mol. The Morgan fingerprint density at radius 1 is 1.12 bits per heavy atom. The number of nitrogens with one attached hydrogen (secondary N) is 1. The minimum atomic E-state index is -0.510. The van der Waals surface area contributed by atoms with E-state index in [4.69, 9.17) is 5.26 Å². The number of carbonyl (C=O) groups excluding carboxylic acids is 1. The lowest BCUT2D eigenvalue weighted by Crippen LogP contribution is -2.34. The Balaban J connectivity index is 1.73. The van der Waals surface area contributed by atoms with Crippen LogP contribution < -0.4 is 10.9 Å². The molecule has 0 fully saturated rings. The lowest BCUT2D eigenvalue weighted by atomic mass is 10.0. The van der Waals surface area contributed by atoms with Crippen LogP contribution in [0, 0.1) is 17.1 Å². The fourth-order valence-electron chi connectivity index (χ4n) is 3.73. The number of pyridine rings is 2. The topological polar surface area (TPSA) is 87.8 Å². The van der Waals surface area contributed by atoms with Crippen LogP contribution in [0.25, 0.3) is 22.2 Å². The number of nitriles is 1. The maximum absolute atomic E-state index is 13.2. The first-order valence-electron chi connectivity index (χ1n) is 10.5. The van der Waals surface area contributed by atoms with Gasteiger partial charge in [0.05, 0.1) is 17.7 Å². The SMILES string of the molecule is CCn1c(=O)c(C(=O)NC(C)c2ccc(F)cc2)cc2cc(-c3ccc(C#N)cc3)cnc21. The number of rotatable bonds is 5. The third-order valence-electron chi connectivity index (χ3n) is 5.55. The second kappa shape index (κ2) is 9.05. The monoisotopic (exact) mass is 440 g/mol. The zero-order valence-electron chi connectivity index (χ0n) is 18.2. The van der Waals surface area contributed by atoms with Crippen LogP contribution in [-0.4, -0.2) is 15.5 Å². The molecule has 0 saturated carbocycles. The number of aromatic nitrogens is 2. The Bertz CT molecular complexity index is 1440. The molecule has 2 aromatic carbocycles. The predicted molar refractivity (Wildman–Crippen MR) is 124 cm³/mol. The highest BCUT2D eigenvalue weighted by atomic mass is 19.1. The van der Waals surface area contributed by atoms with Crippen LogP contribution in [0.1, 0.15) is 41.4 Å². The van der Waals surface area contributed by atoms with Gasteiger partial charge in [-0.05, 0) is 61.4 Å². The van der Waals surface area contributed by atoms with Gasteiger partial charge in [-0.25, -0.2) is 9.37 Å². The summed E-state index contributed by atoms with van der Waals surface area (Å²) in [6.45, 7) is 3.95. The normalized spacial score (nSPS) is 11.7. The van der Waals surface area contributed by atoms with Crippen LogP contribution in [0.2, 0.25) is 0 Å². The number of nitrogens with zero attached hydrogens (tertiary/aromatic N) is 3. The van der Waals surface area contributed by atoms with Crippen molar-refractivity contribution in [1.82, 2.24) is 14.9 Å². The molecule has 6 nitrogen and oxygen atoms in total. The summed E-state index contributed by atoms with van der Waals surface area (Å²) in [5, 5.41) is 12.5. The standard InChI is InChI=1S/C26H21FN4O2/c1-3-31-24-20(12-21(15-29-24)19-6-4-17(14-28)5-7-19)13-23(26(31)33)25(32)30-16(2)18-8-10-22(27)11-9-18/h4-13,15-16H,3H2,1-2H3,(H,30,32). The maximum Gasteiger partial charge on any atom is 0.265 e. The van der Waals surface area contributed by atoms with Crippen LogP contribution >= 0.6 is 0 Å². The largest absolute Gasteiger partial charge is 0.345 e. The third-order valence-corrected chi connectivity index (χ3v) is 5.55. The smallest absolute Gasteiger partial charge is 0.265 e. The minimum Gasteiger partial charge on any atom is -0.345 e. The molecule has 1 N–H and O–H groups in total. The van der Waals surface area contributed by atoms with Crippen LogP contribution in [0.3, 0.4) is 0 Å². The van der Waals surface area contributed by atoms with Gasteiger partial charge < -0.3 is 5.32 Å². The summed E-state index contributed by atoms with van der Waals surface area (Å²) in [5.74, 6) is -0.868. The molecule has 0 aliphatic heterocycles. The molecule has 4 rings (SSSR count). The molecule has 33 heavy (non-hydrogen) atoms. The first kappa shape index (κ1) is 21.9. The van der Waals surface area contributed by atoms with Gasteiger partial charge in [0.15, 0.2) is 0 Å². The van der Waals surface area contributed by atoms with E-state index < -0.39 is 17.5 Å². The first-order chi connectivity index (χ1) is 15.9. The molecule has 164 valence electrons. The zero-order chi connectivity index (χ0) is 23.5. The van der Waals surface area contributed by atoms with Crippen molar-refractivity contribution in [2.24, 2.45) is 0 Å². The van der Waals surface area contributed by atoms with Gasteiger partial charge in [-0.15, -0.1) is 0 Å². The molecule has 0 bridgehead atoms. The number of amides is 1. The van der Waals surface area contributed by atoms with Crippen molar-refractivity contribution in [3.63, 3.8) is 0 Å². The Hall–Kier alpha value is -4.31. The lowest BCUT2D eigenvalue weighted by Gasteiger charge is -2.16. The fourth-order valence-corrected chi connectivity index (χ4v) is 3.73. The van der Waals surface area contributed by atoms with Gasteiger partial charge in [-0.2, -0.15) is 5.26 Å². The fraction of sp³-hybridized carbons (Fsp3) is 0.154. The molecular weight excluding hydrogens is 419 g/mol. The number of aryl methyl sites for hydroxylation is 1. The van der Waals surface area contributed by atoms with Crippen molar-refractivity contribution in [1.29, 1.82) is 5.26 Å². The van der Waals surface area contributed by atoms with E-state index in [-0.39, 0.29) is 11.4 Å². The second-order valence-electron chi connectivity index (χ2n) is 7.68. The van der Waals surface area contributed by atoms with E-state index in [1.165, 1.54) is 16.7 Å². The quantitative estimate of drug-likeness (QED) is 0.492. The van der Waals surface area contributed by atoms with E-state index in [9.17, 15) is 14.0 Å². The molecule has 1 unspecified atom stereocenters. The molecule has 0 aliphatic carbocycles. The van der Waals surface area contributed by atoms with Crippen molar-refractivity contribution in [2.45, 2.75) is 26.4 Å². The zero-order valence-corrected chi connectivity index (χ0v) is 18.2. The van der Waals surface area contributed by atoms with Crippen LogP contribution in [0.5, 0.6) is 0 Å². The van der Waals surface area contributed by atoms with Crippen LogP contribution in [-0.2, 0) is 6.54 Å². The molecule has 2 heterocycles.